The Morgan fingerprint density at radius 3 is 2.24 bits per heavy atom. The zero-order valence-electron chi connectivity index (χ0n) is 12.9. The Hall–Kier alpha value is -2.00. The van der Waals surface area contributed by atoms with Crippen molar-refractivity contribution in [2.24, 2.45) is 5.73 Å². The van der Waals surface area contributed by atoms with Crippen LogP contribution in [0.3, 0.4) is 0 Å². The predicted molar refractivity (Wildman–Crippen MR) is 85.7 cm³/mol. The highest BCUT2D eigenvalue weighted by molar-refractivity contribution is 5.43. The molecule has 0 saturated heterocycles. The summed E-state index contributed by atoms with van der Waals surface area (Å²) in [5.41, 5.74) is 9.39. The molecule has 0 aliphatic rings. The number of benzene rings is 2. The molecule has 0 heterocycles. The Balaban J connectivity index is 2.08. The standard InChI is InChI=1S/C18H23NO2/c1-4-14-5-7-15(8-6-14)12-21-17-10-9-16(13(2)19)11-18(17)20-3/h5-11,13H,4,12,19H2,1-3H3/t13-/m1/s1. The van der Waals surface area contributed by atoms with Gasteiger partial charge in [0.1, 0.15) is 6.61 Å². The average Bonchev–Trinajstić information content (AvgIpc) is 2.53. The molecule has 3 heteroatoms. The Bertz CT molecular complexity index is 576. The van der Waals surface area contributed by atoms with Crippen LogP contribution in [0, 0.1) is 0 Å². The number of methoxy groups -OCH3 is 1. The van der Waals surface area contributed by atoms with E-state index in [2.05, 4.69) is 31.2 Å². The minimum absolute atomic E-state index is 0.0189. The van der Waals surface area contributed by atoms with Gasteiger partial charge >= 0.3 is 0 Å². The number of aryl methyl sites for hydroxylation is 1. The second kappa shape index (κ2) is 7.14. The van der Waals surface area contributed by atoms with Gasteiger partial charge in [-0.25, -0.2) is 0 Å². The molecule has 0 aliphatic heterocycles. The molecular weight excluding hydrogens is 262 g/mol. The Morgan fingerprint density at radius 1 is 1.00 bits per heavy atom. The van der Waals surface area contributed by atoms with E-state index in [1.54, 1.807) is 7.11 Å². The van der Waals surface area contributed by atoms with Crippen molar-refractivity contribution in [1.82, 2.24) is 0 Å². The van der Waals surface area contributed by atoms with Crippen molar-refractivity contribution in [3.8, 4) is 11.5 Å². The first-order valence-electron chi connectivity index (χ1n) is 7.28. The second-order valence-electron chi connectivity index (χ2n) is 5.16. The zero-order chi connectivity index (χ0) is 15.2. The minimum atomic E-state index is -0.0189. The maximum atomic E-state index is 5.88. The molecule has 0 spiro atoms. The molecule has 0 fully saturated rings. The molecule has 0 aromatic heterocycles. The molecular formula is C18H23NO2. The van der Waals surface area contributed by atoms with E-state index in [4.69, 9.17) is 15.2 Å². The van der Waals surface area contributed by atoms with Gasteiger partial charge in [0.2, 0.25) is 0 Å². The van der Waals surface area contributed by atoms with E-state index in [0.29, 0.717) is 6.61 Å². The fourth-order valence-electron chi connectivity index (χ4n) is 2.12. The zero-order valence-corrected chi connectivity index (χ0v) is 12.9. The number of nitrogens with two attached hydrogens (primary N) is 1. The first-order valence-corrected chi connectivity index (χ1v) is 7.28. The molecule has 2 aromatic rings. The lowest BCUT2D eigenvalue weighted by Crippen LogP contribution is -2.05. The van der Waals surface area contributed by atoms with Crippen LogP contribution >= 0.6 is 0 Å². The fourth-order valence-corrected chi connectivity index (χ4v) is 2.12. The first kappa shape index (κ1) is 15.4. The number of hydrogen-bond acceptors (Lipinski definition) is 3. The average molecular weight is 285 g/mol. The summed E-state index contributed by atoms with van der Waals surface area (Å²) in [5, 5.41) is 0. The summed E-state index contributed by atoms with van der Waals surface area (Å²) >= 11 is 0. The molecule has 0 bridgehead atoms. The van der Waals surface area contributed by atoms with Gasteiger partial charge in [-0.05, 0) is 42.2 Å². The summed E-state index contributed by atoms with van der Waals surface area (Å²) in [4.78, 5) is 0. The van der Waals surface area contributed by atoms with Crippen LogP contribution in [0.15, 0.2) is 42.5 Å². The van der Waals surface area contributed by atoms with Crippen molar-refractivity contribution in [2.45, 2.75) is 32.9 Å². The molecule has 2 N–H and O–H groups in total. The smallest absolute Gasteiger partial charge is 0.161 e. The van der Waals surface area contributed by atoms with E-state index in [9.17, 15) is 0 Å². The molecule has 21 heavy (non-hydrogen) atoms. The van der Waals surface area contributed by atoms with Gasteiger partial charge in [0, 0.05) is 6.04 Å². The van der Waals surface area contributed by atoms with Crippen LogP contribution in [0.25, 0.3) is 0 Å². The van der Waals surface area contributed by atoms with Crippen LogP contribution in [0.5, 0.6) is 11.5 Å². The van der Waals surface area contributed by atoms with Crippen molar-refractivity contribution >= 4 is 0 Å². The summed E-state index contributed by atoms with van der Waals surface area (Å²) in [5.74, 6) is 1.46. The Morgan fingerprint density at radius 2 is 1.67 bits per heavy atom. The fraction of sp³-hybridized carbons (Fsp3) is 0.333. The topological polar surface area (TPSA) is 44.5 Å². The van der Waals surface area contributed by atoms with Crippen LogP contribution in [0.1, 0.15) is 36.6 Å². The molecule has 2 rings (SSSR count). The van der Waals surface area contributed by atoms with E-state index < -0.39 is 0 Å². The maximum absolute atomic E-state index is 5.88. The van der Waals surface area contributed by atoms with Gasteiger partial charge in [-0.3, -0.25) is 0 Å². The van der Waals surface area contributed by atoms with Crippen molar-refractivity contribution in [3.63, 3.8) is 0 Å². The largest absolute Gasteiger partial charge is 0.493 e. The van der Waals surface area contributed by atoms with Gasteiger partial charge in [-0.15, -0.1) is 0 Å². The van der Waals surface area contributed by atoms with E-state index in [1.165, 1.54) is 5.56 Å². The normalized spacial score (nSPS) is 12.0. The lowest BCUT2D eigenvalue weighted by molar-refractivity contribution is 0.284. The number of ether oxygens (including phenoxy) is 2. The quantitative estimate of drug-likeness (QED) is 0.876. The predicted octanol–water partition coefficient (Wildman–Crippen LogP) is 3.86. The van der Waals surface area contributed by atoms with Gasteiger partial charge in [0.15, 0.2) is 11.5 Å². The molecule has 0 saturated carbocycles. The lowest BCUT2D eigenvalue weighted by Gasteiger charge is -2.14. The summed E-state index contributed by atoms with van der Waals surface area (Å²) in [6, 6.07) is 14.3. The summed E-state index contributed by atoms with van der Waals surface area (Å²) in [7, 11) is 1.64. The second-order valence-corrected chi connectivity index (χ2v) is 5.16. The summed E-state index contributed by atoms with van der Waals surface area (Å²) < 4.78 is 11.2. The van der Waals surface area contributed by atoms with Crippen molar-refractivity contribution in [1.29, 1.82) is 0 Å². The molecule has 0 aliphatic carbocycles. The molecule has 0 radical (unpaired) electrons. The van der Waals surface area contributed by atoms with Gasteiger partial charge < -0.3 is 15.2 Å². The molecule has 112 valence electrons. The third kappa shape index (κ3) is 3.99. The van der Waals surface area contributed by atoms with Crippen molar-refractivity contribution < 1.29 is 9.47 Å². The van der Waals surface area contributed by atoms with Crippen LogP contribution in [0.2, 0.25) is 0 Å². The van der Waals surface area contributed by atoms with Gasteiger partial charge in [-0.1, -0.05) is 37.3 Å². The molecule has 3 nitrogen and oxygen atoms in total. The third-order valence-corrected chi connectivity index (χ3v) is 3.54. The van der Waals surface area contributed by atoms with E-state index in [-0.39, 0.29) is 6.04 Å². The van der Waals surface area contributed by atoms with Crippen molar-refractivity contribution in [3.05, 3.63) is 59.2 Å². The van der Waals surface area contributed by atoms with Gasteiger partial charge in [0.05, 0.1) is 7.11 Å². The number of rotatable bonds is 6. The molecule has 2 aromatic carbocycles. The van der Waals surface area contributed by atoms with Crippen LogP contribution in [-0.2, 0) is 13.0 Å². The number of hydrogen-bond donors (Lipinski definition) is 1. The van der Waals surface area contributed by atoms with E-state index in [1.807, 2.05) is 25.1 Å². The Labute approximate surface area is 126 Å². The van der Waals surface area contributed by atoms with Gasteiger partial charge in [-0.2, -0.15) is 0 Å². The molecule has 0 unspecified atom stereocenters. The minimum Gasteiger partial charge on any atom is -0.493 e. The van der Waals surface area contributed by atoms with E-state index >= 15 is 0 Å². The maximum Gasteiger partial charge on any atom is 0.161 e. The van der Waals surface area contributed by atoms with Gasteiger partial charge in [0.25, 0.3) is 0 Å². The molecule has 0 amide bonds. The van der Waals surface area contributed by atoms with Crippen molar-refractivity contribution in [2.75, 3.05) is 7.11 Å². The van der Waals surface area contributed by atoms with Crippen LogP contribution in [-0.4, -0.2) is 7.11 Å². The highest BCUT2D eigenvalue weighted by atomic mass is 16.5. The SMILES string of the molecule is CCc1ccc(COc2ccc([C@@H](C)N)cc2OC)cc1. The monoisotopic (exact) mass is 285 g/mol. The summed E-state index contributed by atoms with van der Waals surface area (Å²) in [6.07, 6.45) is 1.05. The lowest BCUT2D eigenvalue weighted by atomic mass is 10.1. The van der Waals surface area contributed by atoms with Crippen LogP contribution in [0.4, 0.5) is 0 Å². The van der Waals surface area contributed by atoms with E-state index in [0.717, 1.165) is 29.0 Å². The highest BCUT2D eigenvalue weighted by Gasteiger charge is 2.08. The third-order valence-electron chi connectivity index (χ3n) is 3.54. The molecule has 1 atom stereocenters. The summed E-state index contributed by atoms with van der Waals surface area (Å²) in [6.45, 7) is 4.62. The first-order chi connectivity index (χ1) is 10.1. The van der Waals surface area contributed by atoms with Crippen LogP contribution < -0.4 is 15.2 Å². The Kier molecular flexibility index (Phi) is 5.23. The highest BCUT2D eigenvalue weighted by Crippen LogP contribution is 2.30.